The molecule has 4 amide bonds. The number of amides is 4. The van der Waals surface area contributed by atoms with E-state index in [1.165, 1.54) is 0 Å². The van der Waals surface area contributed by atoms with Crippen molar-refractivity contribution in [1.82, 2.24) is 5.32 Å². The molecule has 0 spiro atoms. The van der Waals surface area contributed by atoms with Crippen molar-refractivity contribution in [2.45, 2.75) is 6.92 Å². The van der Waals surface area contributed by atoms with Gasteiger partial charge in [0.2, 0.25) is 0 Å². The normalized spacial score (nSPS) is 11.0. The predicted molar refractivity (Wildman–Crippen MR) is 170 cm³/mol. The summed E-state index contributed by atoms with van der Waals surface area (Å²) >= 11 is 0. The van der Waals surface area contributed by atoms with Crippen molar-refractivity contribution >= 4 is 40.7 Å². The number of rotatable bonds is 10. The Hall–Kier alpha value is -6.02. The summed E-state index contributed by atoms with van der Waals surface area (Å²) in [5, 5.41) is 11.2. The van der Waals surface area contributed by atoms with Crippen molar-refractivity contribution in [3.05, 3.63) is 162 Å². The van der Waals surface area contributed by atoms with Gasteiger partial charge >= 0.3 is 0 Å². The molecule has 43 heavy (non-hydrogen) atoms. The Balaban J connectivity index is 1.33. The van der Waals surface area contributed by atoms with Gasteiger partial charge in [0, 0.05) is 45.0 Å². The maximum absolute atomic E-state index is 12.8. The number of hydrogen-bond donors (Lipinski definition) is 4. The van der Waals surface area contributed by atoms with Crippen molar-refractivity contribution in [3.8, 4) is 0 Å². The first-order chi connectivity index (χ1) is 20.8. The van der Waals surface area contributed by atoms with E-state index < -0.39 is 0 Å². The Labute approximate surface area is 249 Å². The molecule has 0 atom stereocenters. The molecule has 0 saturated heterocycles. The van der Waals surface area contributed by atoms with E-state index >= 15 is 0 Å². The molecule has 0 aliphatic heterocycles. The Morgan fingerprint density at radius 3 is 1.42 bits per heavy atom. The quantitative estimate of drug-likeness (QED) is 0.157. The maximum atomic E-state index is 12.8. The van der Waals surface area contributed by atoms with E-state index in [4.69, 9.17) is 0 Å². The highest BCUT2D eigenvalue weighted by molar-refractivity contribution is 6.08. The lowest BCUT2D eigenvalue weighted by Crippen LogP contribution is -2.21. The molecular formula is C35H30N4O4. The van der Waals surface area contributed by atoms with Gasteiger partial charge in [-0.05, 0) is 91.9 Å². The minimum atomic E-state index is -0.370. The third-order valence-corrected chi connectivity index (χ3v) is 6.13. The molecule has 0 aliphatic rings. The molecule has 4 N–H and O–H groups in total. The predicted octanol–water partition coefficient (Wildman–Crippen LogP) is 6.82. The number of nitrogens with one attached hydrogen (secondary N) is 4. The second-order valence-corrected chi connectivity index (χ2v) is 9.39. The highest BCUT2D eigenvalue weighted by Gasteiger charge is 2.12. The summed E-state index contributed by atoms with van der Waals surface area (Å²) in [5.74, 6) is -1.31. The van der Waals surface area contributed by atoms with E-state index in [2.05, 4.69) is 27.8 Å². The lowest BCUT2D eigenvalue weighted by molar-refractivity contribution is 0.0962. The fourth-order valence-electron chi connectivity index (χ4n) is 3.92. The molecule has 0 heterocycles. The van der Waals surface area contributed by atoms with E-state index in [0.29, 0.717) is 45.0 Å². The zero-order valence-corrected chi connectivity index (χ0v) is 23.5. The average molecular weight is 571 g/mol. The second-order valence-electron chi connectivity index (χ2n) is 9.39. The van der Waals surface area contributed by atoms with Gasteiger partial charge in [0.05, 0.1) is 0 Å². The number of hydrogen-bond acceptors (Lipinski definition) is 4. The van der Waals surface area contributed by atoms with Gasteiger partial charge in [0.15, 0.2) is 0 Å². The highest BCUT2D eigenvalue weighted by atomic mass is 16.2. The van der Waals surface area contributed by atoms with Gasteiger partial charge in [0.25, 0.3) is 23.6 Å². The van der Waals surface area contributed by atoms with E-state index in [1.807, 2.05) is 18.2 Å². The van der Waals surface area contributed by atoms with E-state index in [9.17, 15) is 19.2 Å². The van der Waals surface area contributed by atoms with Crippen molar-refractivity contribution in [3.63, 3.8) is 0 Å². The standard InChI is InChI=1S/C35H30N4O4/c1-3-4-6-10-24(2)36-32(40)25-15-17-27(18-16-25)34(42)38-30-13-9-14-31(23-30)39-35(43)28-21-19-26(20-22-28)33(41)37-29-11-7-5-8-12-29/h3-23H,1H2,2H3,(H,36,40)(H,37,41)(H,38,42)(H,39,43). The summed E-state index contributed by atoms with van der Waals surface area (Å²) < 4.78 is 0. The molecule has 4 rings (SSSR count). The molecule has 4 aromatic rings. The Bertz CT molecular complexity index is 1690. The van der Waals surface area contributed by atoms with Crippen LogP contribution < -0.4 is 21.3 Å². The molecule has 0 saturated carbocycles. The van der Waals surface area contributed by atoms with Crippen molar-refractivity contribution in [2.75, 3.05) is 16.0 Å². The zero-order chi connectivity index (χ0) is 30.6. The molecule has 0 aliphatic carbocycles. The van der Waals surface area contributed by atoms with Crippen LogP contribution in [0, 0.1) is 0 Å². The first-order valence-corrected chi connectivity index (χ1v) is 13.4. The van der Waals surface area contributed by atoms with Crippen LogP contribution >= 0.6 is 0 Å². The van der Waals surface area contributed by atoms with Gasteiger partial charge in [-0.2, -0.15) is 0 Å². The van der Waals surface area contributed by atoms with Crippen LogP contribution in [-0.4, -0.2) is 23.6 Å². The highest BCUT2D eigenvalue weighted by Crippen LogP contribution is 2.18. The van der Waals surface area contributed by atoms with Gasteiger partial charge in [-0.3, -0.25) is 19.2 Å². The summed E-state index contributed by atoms with van der Waals surface area (Å²) in [4.78, 5) is 50.6. The summed E-state index contributed by atoms with van der Waals surface area (Å²) in [5.41, 5.74) is 3.86. The second kappa shape index (κ2) is 14.6. The van der Waals surface area contributed by atoms with Gasteiger partial charge in [-0.1, -0.05) is 49.1 Å². The van der Waals surface area contributed by atoms with E-state index in [1.54, 1.807) is 116 Å². The van der Waals surface area contributed by atoms with Crippen LogP contribution in [0.15, 0.2) is 140 Å². The van der Waals surface area contributed by atoms with Crippen LogP contribution in [0.2, 0.25) is 0 Å². The summed E-state index contributed by atoms with van der Waals surface area (Å²) in [6.07, 6.45) is 6.91. The third kappa shape index (κ3) is 8.73. The smallest absolute Gasteiger partial charge is 0.255 e. The van der Waals surface area contributed by atoms with Crippen molar-refractivity contribution in [1.29, 1.82) is 0 Å². The first kappa shape index (κ1) is 30.0. The first-order valence-electron chi connectivity index (χ1n) is 13.4. The van der Waals surface area contributed by atoms with Crippen LogP contribution in [0.1, 0.15) is 48.4 Å². The molecule has 0 fully saturated rings. The van der Waals surface area contributed by atoms with Crippen molar-refractivity contribution in [2.24, 2.45) is 0 Å². The molecule has 0 unspecified atom stereocenters. The van der Waals surface area contributed by atoms with Crippen LogP contribution in [0.4, 0.5) is 17.1 Å². The van der Waals surface area contributed by atoms with Gasteiger partial charge in [-0.25, -0.2) is 0 Å². The Morgan fingerprint density at radius 2 is 0.953 bits per heavy atom. The average Bonchev–Trinajstić information content (AvgIpc) is 3.02. The fraction of sp³-hybridized carbons (Fsp3) is 0.0286. The van der Waals surface area contributed by atoms with Crippen LogP contribution in [0.3, 0.4) is 0 Å². The van der Waals surface area contributed by atoms with Crippen LogP contribution in [0.5, 0.6) is 0 Å². The SMILES string of the molecule is C=CC=CC=C(C)NC(=O)c1ccc(C(=O)Nc2cccc(NC(=O)c3ccc(C(=O)Nc4ccccc4)cc3)c2)cc1. The largest absolute Gasteiger partial charge is 0.326 e. The minimum Gasteiger partial charge on any atom is -0.326 e. The summed E-state index contributed by atoms with van der Waals surface area (Å²) in [7, 11) is 0. The third-order valence-electron chi connectivity index (χ3n) is 6.13. The van der Waals surface area contributed by atoms with Gasteiger partial charge in [-0.15, -0.1) is 0 Å². The van der Waals surface area contributed by atoms with Gasteiger partial charge in [0.1, 0.15) is 0 Å². The Morgan fingerprint density at radius 1 is 0.535 bits per heavy atom. The van der Waals surface area contributed by atoms with Crippen LogP contribution in [0.25, 0.3) is 0 Å². The molecule has 0 aromatic heterocycles. The number of carbonyl (C=O) groups is 4. The molecule has 8 heteroatoms. The molecular weight excluding hydrogens is 540 g/mol. The van der Waals surface area contributed by atoms with E-state index in [-0.39, 0.29) is 23.6 Å². The fourth-order valence-corrected chi connectivity index (χ4v) is 3.92. The zero-order valence-electron chi connectivity index (χ0n) is 23.5. The summed E-state index contributed by atoms with van der Waals surface area (Å²) in [6, 6.07) is 28.4. The number of anilines is 3. The molecule has 214 valence electrons. The number of benzene rings is 4. The number of allylic oxidation sites excluding steroid dienone is 5. The van der Waals surface area contributed by atoms with Gasteiger partial charge < -0.3 is 21.3 Å². The maximum Gasteiger partial charge on any atom is 0.255 e. The number of para-hydroxylation sites is 1. The molecule has 8 nitrogen and oxygen atoms in total. The molecule has 4 aromatic carbocycles. The lowest BCUT2D eigenvalue weighted by Gasteiger charge is -2.10. The molecule has 0 bridgehead atoms. The van der Waals surface area contributed by atoms with Crippen LogP contribution in [-0.2, 0) is 0 Å². The van der Waals surface area contributed by atoms with E-state index in [0.717, 1.165) is 0 Å². The molecule has 0 radical (unpaired) electrons. The van der Waals surface area contributed by atoms with Crippen molar-refractivity contribution < 1.29 is 19.2 Å². The monoisotopic (exact) mass is 570 g/mol. The lowest BCUT2D eigenvalue weighted by atomic mass is 10.1. The minimum absolute atomic E-state index is 0.278. The summed E-state index contributed by atoms with van der Waals surface area (Å²) in [6.45, 7) is 5.37. The number of carbonyl (C=O) groups excluding carboxylic acids is 4. The topological polar surface area (TPSA) is 116 Å². The Kier molecular flexibility index (Phi) is 10.1.